The van der Waals surface area contributed by atoms with Gasteiger partial charge in [0.25, 0.3) is 0 Å². The molecule has 0 fully saturated rings. The molecule has 0 aromatic carbocycles. The Hall–Kier alpha value is -0.165. The first-order chi connectivity index (χ1) is 4.34. The molecule has 0 saturated carbocycles. The average Bonchev–Trinajstić information content (AvgIpc) is 2.18. The molecule has 3 nitrogen and oxygen atoms in total. The minimum atomic E-state index is -0.310. The number of halogens is 1. The van der Waals surface area contributed by atoms with Crippen molar-refractivity contribution in [3.05, 3.63) is 16.1 Å². The van der Waals surface area contributed by atoms with Crippen molar-refractivity contribution in [3.8, 4) is 5.75 Å². The zero-order valence-electron chi connectivity index (χ0n) is 4.50. The normalized spacial score (nSPS) is 9.11. The topological polar surface area (TPSA) is 42.6 Å². The lowest BCUT2D eigenvalue weighted by Crippen LogP contribution is -1.99. The van der Waals surface area contributed by atoms with Crippen LogP contribution >= 0.6 is 22.6 Å². The molecule has 0 aliphatic heterocycles. The monoisotopic (exact) mass is 238 g/mol. The Morgan fingerprint density at radius 2 is 2.44 bits per heavy atom. The lowest BCUT2D eigenvalue weighted by atomic mass is 10.4. The third-order valence-corrected chi connectivity index (χ3v) is 1.59. The quantitative estimate of drug-likeness (QED) is 0.603. The fourth-order valence-electron chi connectivity index (χ4n) is 0.442. The van der Waals surface area contributed by atoms with Crippen LogP contribution in [-0.2, 0) is 0 Å². The van der Waals surface area contributed by atoms with Gasteiger partial charge in [-0.2, -0.15) is 0 Å². The van der Waals surface area contributed by atoms with Crippen molar-refractivity contribution < 1.29 is 14.1 Å². The number of rotatable bonds is 2. The molecule has 1 rings (SSSR count). The van der Waals surface area contributed by atoms with Gasteiger partial charge in [-0.15, -0.1) is 0 Å². The molecule has 0 bridgehead atoms. The Kier molecular flexibility index (Phi) is 2.41. The van der Waals surface area contributed by atoms with Gasteiger partial charge in [-0.3, -0.25) is 0 Å². The van der Waals surface area contributed by atoms with Gasteiger partial charge in [0.15, 0.2) is 5.75 Å². The third-order valence-electron chi connectivity index (χ3n) is 0.802. The summed E-state index contributed by atoms with van der Waals surface area (Å²) in [6, 6.07) is 0. The van der Waals surface area contributed by atoms with Crippen molar-refractivity contribution in [2.45, 2.75) is 0 Å². The second kappa shape index (κ2) is 3.12. The molecule has 1 heterocycles. The molecule has 1 aromatic rings. The van der Waals surface area contributed by atoms with Gasteiger partial charge in [-0.1, -0.05) is 0 Å². The fourth-order valence-corrected chi connectivity index (χ4v) is 0.872. The molecule has 0 saturated heterocycles. The summed E-state index contributed by atoms with van der Waals surface area (Å²) < 4.78 is 10.3. The van der Waals surface area contributed by atoms with Gasteiger partial charge in [0.1, 0.15) is 12.5 Å². The second-order valence-corrected chi connectivity index (χ2v) is 2.52. The van der Waals surface area contributed by atoms with Crippen molar-refractivity contribution in [2.24, 2.45) is 0 Å². The van der Waals surface area contributed by atoms with Gasteiger partial charge in [0.05, 0.1) is 3.57 Å². The lowest BCUT2D eigenvalue weighted by molar-refractivity contribution is 0.445. The minimum Gasteiger partial charge on any atom is -0.536 e. The minimum absolute atomic E-state index is 0.310. The summed E-state index contributed by atoms with van der Waals surface area (Å²) in [6.07, 6.45) is 2.99. The molecular formula is C4H4BIO3. The van der Waals surface area contributed by atoms with E-state index in [4.69, 9.17) is 14.1 Å². The zero-order chi connectivity index (χ0) is 6.69. The van der Waals surface area contributed by atoms with Gasteiger partial charge >= 0.3 is 7.69 Å². The van der Waals surface area contributed by atoms with Crippen LogP contribution in [0, 0.1) is 3.57 Å². The molecule has 0 unspecified atom stereocenters. The van der Waals surface area contributed by atoms with Crippen molar-refractivity contribution in [2.75, 3.05) is 0 Å². The summed E-state index contributed by atoms with van der Waals surface area (Å²) >= 11 is 2.05. The van der Waals surface area contributed by atoms with E-state index in [9.17, 15) is 0 Å². The first-order valence-electron chi connectivity index (χ1n) is 2.30. The first-order valence-corrected chi connectivity index (χ1v) is 3.38. The molecule has 9 heavy (non-hydrogen) atoms. The highest BCUT2D eigenvalue weighted by Crippen LogP contribution is 2.20. The van der Waals surface area contributed by atoms with E-state index < -0.39 is 0 Å². The Balaban J connectivity index is 2.69. The largest absolute Gasteiger partial charge is 0.536 e. The SMILES string of the molecule is OBOc1cocc1I. The summed E-state index contributed by atoms with van der Waals surface area (Å²) in [6.45, 7) is 0. The molecule has 1 N–H and O–H groups in total. The van der Waals surface area contributed by atoms with Crippen LogP contribution in [0.4, 0.5) is 0 Å². The zero-order valence-corrected chi connectivity index (χ0v) is 6.66. The van der Waals surface area contributed by atoms with Crippen LogP contribution in [0.15, 0.2) is 16.9 Å². The van der Waals surface area contributed by atoms with E-state index in [-0.39, 0.29) is 7.69 Å². The summed E-state index contributed by atoms with van der Waals surface area (Å²) in [5.74, 6) is 0.582. The third kappa shape index (κ3) is 1.62. The molecule has 48 valence electrons. The first kappa shape index (κ1) is 6.95. The smallest absolute Gasteiger partial charge is 0.504 e. The highest BCUT2D eigenvalue weighted by atomic mass is 127. The fraction of sp³-hybridized carbons (Fsp3) is 0. The van der Waals surface area contributed by atoms with Crippen LogP contribution in [0.25, 0.3) is 0 Å². The van der Waals surface area contributed by atoms with Gasteiger partial charge in [0.2, 0.25) is 0 Å². The standard InChI is InChI=1S/C4H4BIO3/c6-3-1-8-2-4(3)9-5-7/h1-2,5,7H. The van der Waals surface area contributed by atoms with Crippen LogP contribution in [0.3, 0.4) is 0 Å². The van der Waals surface area contributed by atoms with Gasteiger partial charge in [0, 0.05) is 0 Å². The summed E-state index contributed by atoms with van der Waals surface area (Å²) in [4.78, 5) is 0. The number of furan rings is 1. The Morgan fingerprint density at radius 1 is 1.67 bits per heavy atom. The van der Waals surface area contributed by atoms with Crippen molar-refractivity contribution in [3.63, 3.8) is 0 Å². The van der Waals surface area contributed by atoms with Gasteiger partial charge in [-0.25, -0.2) is 0 Å². The number of hydrogen-bond donors (Lipinski definition) is 1. The van der Waals surface area contributed by atoms with E-state index in [2.05, 4.69) is 0 Å². The highest BCUT2D eigenvalue weighted by Gasteiger charge is 2.00. The molecule has 0 aliphatic rings. The van der Waals surface area contributed by atoms with Gasteiger partial charge in [-0.05, 0) is 22.6 Å². The van der Waals surface area contributed by atoms with Crippen LogP contribution in [0.5, 0.6) is 5.75 Å². The molecule has 0 amide bonds. The maximum absolute atomic E-state index is 8.30. The molecule has 0 spiro atoms. The Morgan fingerprint density at radius 3 is 2.89 bits per heavy atom. The van der Waals surface area contributed by atoms with Crippen LogP contribution in [-0.4, -0.2) is 12.7 Å². The summed E-state index contributed by atoms with van der Waals surface area (Å²) in [7, 11) is -0.310. The lowest BCUT2D eigenvalue weighted by Gasteiger charge is -1.94. The van der Waals surface area contributed by atoms with E-state index in [1.54, 1.807) is 6.26 Å². The Labute approximate surface area is 66.5 Å². The van der Waals surface area contributed by atoms with Gasteiger partial charge < -0.3 is 14.1 Å². The van der Waals surface area contributed by atoms with E-state index in [1.807, 2.05) is 22.6 Å². The maximum atomic E-state index is 8.30. The molecular weight excluding hydrogens is 234 g/mol. The van der Waals surface area contributed by atoms with Crippen LogP contribution < -0.4 is 4.65 Å². The van der Waals surface area contributed by atoms with Crippen LogP contribution in [0.2, 0.25) is 0 Å². The molecule has 0 aliphatic carbocycles. The summed E-state index contributed by atoms with van der Waals surface area (Å²) in [5.41, 5.74) is 0. The molecule has 5 heteroatoms. The average molecular weight is 238 g/mol. The summed E-state index contributed by atoms with van der Waals surface area (Å²) in [5, 5.41) is 8.30. The molecule has 1 aromatic heterocycles. The van der Waals surface area contributed by atoms with E-state index >= 15 is 0 Å². The van der Waals surface area contributed by atoms with Crippen molar-refractivity contribution in [1.82, 2.24) is 0 Å². The van der Waals surface area contributed by atoms with Crippen molar-refractivity contribution in [1.29, 1.82) is 0 Å². The number of hydrogen-bond acceptors (Lipinski definition) is 3. The van der Waals surface area contributed by atoms with E-state index in [0.29, 0.717) is 5.75 Å². The van der Waals surface area contributed by atoms with E-state index in [1.165, 1.54) is 6.26 Å². The highest BCUT2D eigenvalue weighted by molar-refractivity contribution is 14.1. The predicted octanol–water partition coefficient (Wildman–Crippen LogP) is 0.522. The maximum Gasteiger partial charge on any atom is 0.504 e. The second-order valence-electron chi connectivity index (χ2n) is 1.36. The van der Waals surface area contributed by atoms with E-state index in [0.717, 1.165) is 3.57 Å². The molecule has 0 radical (unpaired) electrons. The predicted molar refractivity (Wildman–Crippen MR) is 41.4 cm³/mol. The van der Waals surface area contributed by atoms with Crippen LogP contribution in [0.1, 0.15) is 0 Å². The van der Waals surface area contributed by atoms with Crippen molar-refractivity contribution >= 4 is 30.3 Å². The molecule has 0 atom stereocenters. The Bertz CT molecular complexity index is 188.